The topological polar surface area (TPSA) is 67.5 Å². The fourth-order valence-electron chi connectivity index (χ4n) is 2.55. The van der Waals surface area contributed by atoms with E-state index in [-0.39, 0.29) is 5.56 Å². The number of hydrogen-bond donors (Lipinski definition) is 1. The highest BCUT2D eigenvalue weighted by Gasteiger charge is 2.18. The highest BCUT2D eigenvalue weighted by molar-refractivity contribution is 9.10. The number of rotatable bonds is 3. The van der Waals surface area contributed by atoms with Crippen LogP contribution in [0.2, 0.25) is 0 Å². The van der Waals surface area contributed by atoms with Crippen molar-refractivity contribution in [3.63, 3.8) is 0 Å². The highest BCUT2D eigenvalue weighted by Crippen LogP contribution is 2.24. The van der Waals surface area contributed by atoms with Gasteiger partial charge in [0.05, 0.1) is 6.20 Å². The van der Waals surface area contributed by atoms with Crippen LogP contribution in [0.3, 0.4) is 0 Å². The number of aromatic nitrogens is 3. The van der Waals surface area contributed by atoms with E-state index in [1.54, 1.807) is 4.52 Å². The molecule has 1 aromatic carbocycles. The fourth-order valence-corrected chi connectivity index (χ4v) is 2.97. The molecule has 0 saturated carbocycles. The minimum absolute atomic E-state index is 0.124. The van der Waals surface area contributed by atoms with Gasteiger partial charge in [-0.3, -0.25) is 0 Å². The minimum atomic E-state index is -1.01. The Morgan fingerprint density at radius 1 is 1.32 bits per heavy atom. The summed E-state index contributed by atoms with van der Waals surface area (Å²) in [6.07, 6.45) is 2.06. The zero-order chi connectivity index (χ0) is 15.9. The molecule has 6 heteroatoms. The van der Waals surface area contributed by atoms with Crippen LogP contribution in [0, 0.1) is 13.8 Å². The Labute approximate surface area is 135 Å². The Balaban J connectivity index is 2.15. The molecule has 0 bridgehead atoms. The van der Waals surface area contributed by atoms with E-state index in [9.17, 15) is 9.90 Å². The van der Waals surface area contributed by atoms with Gasteiger partial charge in [0.2, 0.25) is 0 Å². The summed E-state index contributed by atoms with van der Waals surface area (Å²) in [4.78, 5) is 15.7. The number of carbonyl (C=O) groups is 1. The number of carboxylic acids is 1. The molecular formula is C16H14BrN3O2. The molecule has 0 spiro atoms. The maximum Gasteiger partial charge on any atom is 0.341 e. The van der Waals surface area contributed by atoms with E-state index in [4.69, 9.17) is 0 Å². The normalized spacial score (nSPS) is 11.0. The standard InChI is InChI=1S/C16H14BrN3O2/c1-9-12(7-11-5-3-4-6-14(11)17)10(2)20-15(19-9)13(8-18-20)16(21)22/h3-6,8H,7H2,1-2H3,(H,21,22). The van der Waals surface area contributed by atoms with Crippen LogP contribution in [0.4, 0.5) is 0 Å². The maximum absolute atomic E-state index is 11.2. The lowest BCUT2D eigenvalue weighted by molar-refractivity contribution is 0.0699. The van der Waals surface area contributed by atoms with E-state index >= 15 is 0 Å². The summed E-state index contributed by atoms with van der Waals surface area (Å²) in [7, 11) is 0. The Morgan fingerprint density at radius 2 is 2.05 bits per heavy atom. The van der Waals surface area contributed by atoms with Crippen LogP contribution in [0.15, 0.2) is 34.9 Å². The molecule has 0 amide bonds. The largest absolute Gasteiger partial charge is 0.477 e. The molecule has 0 atom stereocenters. The molecule has 0 fully saturated rings. The molecule has 5 nitrogen and oxygen atoms in total. The van der Waals surface area contributed by atoms with Gasteiger partial charge in [0.15, 0.2) is 5.65 Å². The van der Waals surface area contributed by atoms with E-state index in [1.165, 1.54) is 6.20 Å². The number of halogens is 1. The summed E-state index contributed by atoms with van der Waals surface area (Å²) >= 11 is 3.56. The lowest BCUT2D eigenvalue weighted by Crippen LogP contribution is -2.08. The Kier molecular flexibility index (Phi) is 3.70. The van der Waals surface area contributed by atoms with E-state index in [0.717, 1.165) is 27.0 Å². The molecule has 3 rings (SSSR count). The monoisotopic (exact) mass is 359 g/mol. The predicted molar refractivity (Wildman–Crippen MR) is 86.4 cm³/mol. The molecule has 1 N–H and O–H groups in total. The van der Waals surface area contributed by atoms with Gasteiger partial charge in [-0.15, -0.1) is 0 Å². The van der Waals surface area contributed by atoms with Crippen molar-refractivity contribution in [3.05, 3.63) is 63.0 Å². The first-order valence-electron chi connectivity index (χ1n) is 6.79. The number of hydrogen-bond acceptors (Lipinski definition) is 3. The molecule has 0 saturated heterocycles. The summed E-state index contributed by atoms with van der Waals surface area (Å²) in [5, 5.41) is 13.4. The van der Waals surface area contributed by atoms with Gasteiger partial charge in [-0.1, -0.05) is 34.1 Å². The quantitative estimate of drug-likeness (QED) is 0.778. The molecule has 0 unspecified atom stereocenters. The smallest absolute Gasteiger partial charge is 0.341 e. The minimum Gasteiger partial charge on any atom is -0.477 e. The third kappa shape index (κ3) is 2.39. The summed E-state index contributed by atoms with van der Waals surface area (Å²) in [5.74, 6) is -1.01. The SMILES string of the molecule is Cc1nc2c(C(=O)O)cnn2c(C)c1Cc1ccccc1Br. The summed E-state index contributed by atoms with van der Waals surface area (Å²) in [5.41, 5.74) is 4.45. The van der Waals surface area contributed by atoms with Crippen molar-refractivity contribution in [2.75, 3.05) is 0 Å². The Hall–Kier alpha value is -2.21. The molecule has 2 aromatic heterocycles. The highest BCUT2D eigenvalue weighted by atomic mass is 79.9. The average Bonchev–Trinajstić information content (AvgIpc) is 2.89. The third-order valence-electron chi connectivity index (χ3n) is 3.76. The Bertz CT molecular complexity index is 886. The lowest BCUT2D eigenvalue weighted by atomic mass is 10.0. The number of benzene rings is 1. The summed E-state index contributed by atoms with van der Waals surface area (Å²) in [6, 6.07) is 8.02. The molecule has 22 heavy (non-hydrogen) atoms. The van der Waals surface area contributed by atoms with Crippen LogP contribution >= 0.6 is 15.9 Å². The van der Waals surface area contributed by atoms with Crippen molar-refractivity contribution >= 4 is 27.5 Å². The van der Waals surface area contributed by atoms with E-state index < -0.39 is 5.97 Å². The lowest BCUT2D eigenvalue weighted by Gasteiger charge is -2.12. The van der Waals surface area contributed by atoms with E-state index in [2.05, 4.69) is 32.1 Å². The van der Waals surface area contributed by atoms with Gasteiger partial charge in [-0.05, 0) is 31.0 Å². The molecule has 2 heterocycles. The predicted octanol–water partition coefficient (Wildman–Crippen LogP) is 3.40. The van der Waals surface area contributed by atoms with Crippen LogP contribution in [-0.2, 0) is 6.42 Å². The number of fused-ring (bicyclic) bond motifs is 1. The van der Waals surface area contributed by atoms with Crippen LogP contribution in [0.1, 0.15) is 32.9 Å². The van der Waals surface area contributed by atoms with Gasteiger partial charge in [-0.25, -0.2) is 14.3 Å². The number of nitrogens with zero attached hydrogens (tertiary/aromatic N) is 3. The first-order valence-corrected chi connectivity index (χ1v) is 7.59. The van der Waals surface area contributed by atoms with Crippen molar-refractivity contribution in [3.8, 4) is 0 Å². The molecular weight excluding hydrogens is 346 g/mol. The zero-order valence-electron chi connectivity index (χ0n) is 12.2. The number of aryl methyl sites for hydroxylation is 2. The van der Waals surface area contributed by atoms with Gasteiger partial charge in [0.1, 0.15) is 5.56 Å². The van der Waals surface area contributed by atoms with E-state index in [1.807, 2.05) is 32.0 Å². The summed E-state index contributed by atoms with van der Waals surface area (Å²) in [6.45, 7) is 3.84. The van der Waals surface area contributed by atoms with E-state index in [0.29, 0.717) is 12.1 Å². The zero-order valence-corrected chi connectivity index (χ0v) is 13.8. The molecule has 0 aliphatic rings. The van der Waals surface area contributed by atoms with Crippen molar-refractivity contribution in [1.29, 1.82) is 0 Å². The van der Waals surface area contributed by atoms with Crippen molar-refractivity contribution < 1.29 is 9.90 Å². The van der Waals surface area contributed by atoms with Crippen LogP contribution in [0.5, 0.6) is 0 Å². The maximum atomic E-state index is 11.2. The second-order valence-electron chi connectivity index (χ2n) is 5.13. The van der Waals surface area contributed by atoms with Crippen molar-refractivity contribution in [2.24, 2.45) is 0 Å². The molecule has 0 aliphatic carbocycles. The molecule has 112 valence electrons. The first kappa shape index (κ1) is 14.7. The number of carboxylic acid groups (broad SMARTS) is 1. The molecule has 3 aromatic rings. The third-order valence-corrected chi connectivity index (χ3v) is 4.54. The van der Waals surface area contributed by atoms with Gasteiger partial charge in [0.25, 0.3) is 0 Å². The molecule has 0 aliphatic heterocycles. The van der Waals surface area contributed by atoms with Crippen LogP contribution in [-0.4, -0.2) is 25.7 Å². The fraction of sp³-hybridized carbons (Fsp3) is 0.188. The second-order valence-corrected chi connectivity index (χ2v) is 5.98. The van der Waals surface area contributed by atoms with Crippen LogP contribution in [0.25, 0.3) is 5.65 Å². The van der Waals surface area contributed by atoms with Gasteiger partial charge >= 0.3 is 5.97 Å². The second kappa shape index (κ2) is 5.53. The first-order chi connectivity index (χ1) is 10.5. The summed E-state index contributed by atoms with van der Waals surface area (Å²) < 4.78 is 2.64. The molecule has 0 radical (unpaired) electrons. The van der Waals surface area contributed by atoms with Crippen molar-refractivity contribution in [2.45, 2.75) is 20.3 Å². The van der Waals surface area contributed by atoms with Gasteiger partial charge in [-0.2, -0.15) is 5.10 Å². The van der Waals surface area contributed by atoms with Gasteiger partial charge in [0, 0.05) is 22.3 Å². The average molecular weight is 360 g/mol. The number of aromatic carboxylic acids is 1. The Morgan fingerprint density at radius 3 is 2.73 bits per heavy atom. The van der Waals surface area contributed by atoms with Gasteiger partial charge < -0.3 is 5.11 Å². The van der Waals surface area contributed by atoms with Crippen molar-refractivity contribution in [1.82, 2.24) is 14.6 Å². The van der Waals surface area contributed by atoms with Crippen LogP contribution < -0.4 is 0 Å².